The fourth-order valence-electron chi connectivity index (χ4n) is 3.51. The minimum Gasteiger partial charge on any atom is -0.443 e. The number of anilines is 1. The van der Waals surface area contributed by atoms with Crippen LogP contribution in [0.1, 0.15) is 5.76 Å². The Morgan fingerprint density at radius 2 is 1.53 bits per heavy atom. The van der Waals surface area contributed by atoms with E-state index in [9.17, 15) is 10.1 Å². The van der Waals surface area contributed by atoms with Gasteiger partial charge in [-0.2, -0.15) is 5.26 Å². The van der Waals surface area contributed by atoms with Crippen LogP contribution >= 0.6 is 11.8 Å². The molecule has 1 amide bonds. The lowest BCUT2D eigenvalue weighted by molar-refractivity contribution is -0.113. The third-order valence-electron chi connectivity index (χ3n) is 5.06. The van der Waals surface area contributed by atoms with Gasteiger partial charge in [-0.3, -0.25) is 4.79 Å². The summed E-state index contributed by atoms with van der Waals surface area (Å²) in [7, 11) is 0. The molecular weight excluding hydrogens is 446 g/mol. The first-order valence-corrected chi connectivity index (χ1v) is 11.4. The Morgan fingerprint density at radius 1 is 0.882 bits per heavy atom. The summed E-state index contributed by atoms with van der Waals surface area (Å²) in [5, 5.41) is 21.9. The van der Waals surface area contributed by atoms with Gasteiger partial charge in [0.05, 0.1) is 5.75 Å². The summed E-state index contributed by atoms with van der Waals surface area (Å²) in [4.78, 5) is 17.4. The zero-order chi connectivity index (χ0) is 23.3. The normalized spacial score (nSPS) is 10.7. The first-order chi connectivity index (χ1) is 16.7. The number of aromatic nitrogens is 3. The predicted molar refractivity (Wildman–Crippen MR) is 131 cm³/mol. The van der Waals surface area contributed by atoms with E-state index in [2.05, 4.69) is 15.5 Å². The van der Waals surface area contributed by atoms with Gasteiger partial charge in [-0.25, -0.2) is 4.98 Å². The minimum absolute atomic E-state index is 0.0466. The van der Waals surface area contributed by atoms with E-state index in [0.29, 0.717) is 33.2 Å². The van der Waals surface area contributed by atoms with Crippen LogP contribution in [0.4, 0.5) is 5.69 Å². The fourth-order valence-corrected chi connectivity index (χ4v) is 4.10. The number of carbonyl (C=O) groups is 1. The molecule has 2 aromatic heterocycles. The number of furan rings is 1. The highest BCUT2D eigenvalue weighted by atomic mass is 32.2. The molecule has 0 aliphatic heterocycles. The summed E-state index contributed by atoms with van der Waals surface area (Å²) >= 11 is 1.17. The van der Waals surface area contributed by atoms with Gasteiger partial charge >= 0.3 is 0 Å². The number of thioether (sulfide) groups is 1. The van der Waals surface area contributed by atoms with Crippen LogP contribution in [0.15, 0.2) is 94.5 Å². The zero-order valence-electron chi connectivity index (χ0n) is 17.8. The van der Waals surface area contributed by atoms with Crippen LogP contribution in [0.2, 0.25) is 0 Å². The van der Waals surface area contributed by atoms with Crippen molar-refractivity contribution in [3.8, 4) is 28.6 Å². The standard InChI is InChI=1S/C26H17N5O2S/c27-15-21-25(19-13-7-8-14-20(19)33-21)28-22(32)16-34-26-29-23(17-9-3-1-4-10-17)24(30-31-26)18-11-5-2-6-12-18/h1-14H,16H2,(H,28,32). The molecule has 0 aliphatic carbocycles. The maximum Gasteiger partial charge on any atom is 0.234 e. The van der Waals surface area contributed by atoms with Crippen molar-refractivity contribution in [3.63, 3.8) is 0 Å². The number of nitrogens with zero attached hydrogens (tertiary/aromatic N) is 4. The van der Waals surface area contributed by atoms with E-state index in [1.165, 1.54) is 11.8 Å². The maximum atomic E-state index is 12.7. The average molecular weight is 464 g/mol. The SMILES string of the molecule is N#Cc1oc2ccccc2c1NC(=O)CSc1nnc(-c2ccccc2)c(-c2ccccc2)n1. The van der Waals surface area contributed by atoms with Crippen molar-refractivity contribution >= 4 is 34.3 Å². The lowest BCUT2D eigenvalue weighted by atomic mass is 10.0. The summed E-state index contributed by atoms with van der Waals surface area (Å²) in [6.07, 6.45) is 0. The van der Waals surface area contributed by atoms with Crippen LogP contribution in [0, 0.1) is 11.3 Å². The van der Waals surface area contributed by atoms with Gasteiger partial charge in [-0.05, 0) is 12.1 Å². The molecule has 2 heterocycles. The van der Waals surface area contributed by atoms with Crippen LogP contribution in [-0.2, 0) is 4.79 Å². The molecule has 0 bridgehead atoms. The summed E-state index contributed by atoms with van der Waals surface area (Å²) in [5.41, 5.74) is 4.09. The number of hydrogen-bond donors (Lipinski definition) is 1. The molecule has 7 nitrogen and oxygen atoms in total. The van der Waals surface area contributed by atoms with Crippen molar-refractivity contribution in [1.29, 1.82) is 5.26 Å². The van der Waals surface area contributed by atoms with Gasteiger partial charge in [-0.1, -0.05) is 84.6 Å². The Morgan fingerprint density at radius 3 is 2.24 bits per heavy atom. The Labute approximate surface area is 199 Å². The van der Waals surface area contributed by atoms with Crippen LogP contribution in [-0.4, -0.2) is 26.8 Å². The largest absolute Gasteiger partial charge is 0.443 e. The van der Waals surface area contributed by atoms with Crippen LogP contribution in [0.5, 0.6) is 0 Å². The van der Waals surface area contributed by atoms with Crippen molar-refractivity contribution in [2.75, 3.05) is 11.1 Å². The number of amides is 1. The second kappa shape index (κ2) is 9.57. The molecule has 0 fully saturated rings. The number of fused-ring (bicyclic) bond motifs is 1. The molecule has 1 N–H and O–H groups in total. The molecule has 0 unspecified atom stereocenters. The van der Waals surface area contributed by atoms with Gasteiger partial charge in [0.1, 0.15) is 28.7 Å². The highest BCUT2D eigenvalue weighted by Gasteiger charge is 2.18. The third kappa shape index (κ3) is 4.37. The van der Waals surface area contributed by atoms with E-state index in [0.717, 1.165) is 11.1 Å². The molecule has 34 heavy (non-hydrogen) atoms. The number of nitriles is 1. The molecule has 5 rings (SSSR count). The topological polar surface area (TPSA) is 105 Å². The van der Waals surface area contributed by atoms with Crippen LogP contribution in [0.25, 0.3) is 33.5 Å². The highest BCUT2D eigenvalue weighted by Crippen LogP contribution is 2.31. The average Bonchev–Trinajstić information content (AvgIpc) is 3.25. The first-order valence-electron chi connectivity index (χ1n) is 10.4. The highest BCUT2D eigenvalue weighted by molar-refractivity contribution is 7.99. The minimum atomic E-state index is -0.301. The lowest BCUT2D eigenvalue weighted by Crippen LogP contribution is -2.15. The van der Waals surface area contributed by atoms with E-state index in [4.69, 9.17) is 9.40 Å². The van der Waals surface area contributed by atoms with E-state index < -0.39 is 0 Å². The maximum absolute atomic E-state index is 12.7. The lowest BCUT2D eigenvalue weighted by Gasteiger charge is -2.09. The molecule has 0 atom stereocenters. The molecule has 164 valence electrons. The quantitative estimate of drug-likeness (QED) is 0.329. The summed E-state index contributed by atoms with van der Waals surface area (Å²) in [6, 6.07) is 28.6. The number of hydrogen-bond acceptors (Lipinski definition) is 7. The van der Waals surface area contributed by atoms with Crippen molar-refractivity contribution in [1.82, 2.24) is 15.2 Å². The molecule has 0 saturated carbocycles. The zero-order valence-corrected chi connectivity index (χ0v) is 18.6. The number of carbonyl (C=O) groups excluding carboxylic acids is 1. The number of nitrogens with one attached hydrogen (secondary N) is 1. The van der Waals surface area contributed by atoms with Crippen molar-refractivity contribution in [3.05, 3.63) is 90.7 Å². The van der Waals surface area contributed by atoms with Gasteiger partial charge in [0.15, 0.2) is 0 Å². The van der Waals surface area contributed by atoms with Gasteiger partial charge < -0.3 is 9.73 Å². The molecule has 0 spiro atoms. The smallest absolute Gasteiger partial charge is 0.234 e. The van der Waals surface area contributed by atoms with Gasteiger partial charge in [0, 0.05) is 16.5 Å². The summed E-state index contributed by atoms with van der Waals surface area (Å²) in [6.45, 7) is 0. The predicted octanol–water partition coefficient (Wildman–Crippen LogP) is 5.55. The van der Waals surface area contributed by atoms with Crippen molar-refractivity contribution in [2.45, 2.75) is 5.16 Å². The Hall–Kier alpha value is -4.48. The first kappa shape index (κ1) is 21.4. The van der Waals surface area contributed by atoms with Gasteiger partial charge in [0.2, 0.25) is 16.8 Å². The third-order valence-corrected chi connectivity index (χ3v) is 5.89. The summed E-state index contributed by atoms with van der Waals surface area (Å²) in [5.74, 6) is -0.189. The molecule has 5 aromatic rings. The van der Waals surface area contributed by atoms with Gasteiger partial charge in [0.25, 0.3) is 0 Å². The Balaban J connectivity index is 1.38. The Kier molecular flexibility index (Phi) is 6.01. The van der Waals surface area contributed by atoms with Crippen molar-refractivity contribution < 1.29 is 9.21 Å². The van der Waals surface area contributed by atoms with E-state index in [1.807, 2.05) is 78.9 Å². The number of rotatable bonds is 6. The molecule has 0 saturated heterocycles. The molecule has 0 radical (unpaired) electrons. The second-order valence-corrected chi connectivity index (χ2v) is 8.22. The second-order valence-electron chi connectivity index (χ2n) is 7.27. The fraction of sp³-hybridized carbons (Fsp3) is 0.0385. The molecule has 3 aromatic carbocycles. The Bertz CT molecular complexity index is 1510. The van der Waals surface area contributed by atoms with Crippen LogP contribution in [0.3, 0.4) is 0 Å². The van der Waals surface area contributed by atoms with Gasteiger partial charge in [-0.15, -0.1) is 10.2 Å². The van der Waals surface area contributed by atoms with E-state index in [1.54, 1.807) is 12.1 Å². The monoisotopic (exact) mass is 463 g/mol. The molecule has 0 aliphatic rings. The number of para-hydroxylation sites is 1. The van der Waals surface area contributed by atoms with Crippen LogP contribution < -0.4 is 5.32 Å². The van der Waals surface area contributed by atoms with E-state index >= 15 is 0 Å². The molecule has 8 heteroatoms. The number of benzene rings is 3. The van der Waals surface area contributed by atoms with E-state index in [-0.39, 0.29) is 17.4 Å². The summed E-state index contributed by atoms with van der Waals surface area (Å²) < 4.78 is 5.51. The van der Waals surface area contributed by atoms with Crippen molar-refractivity contribution in [2.24, 2.45) is 0 Å². The molecular formula is C26H17N5O2S.